The Kier molecular flexibility index (Phi) is 5.35. The van der Waals surface area contributed by atoms with Gasteiger partial charge < -0.3 is 15.3 Å². The van der Waals surface area contributed by atoms with Crippen molar-refractivity contribution in [3.63, 3.8) is 0 Å². The van der Waals surface area contributed by atoms with Crippen molar-refractivity contribution in [3.05, 3.63) is 12.4 Å². The normalized spacial score (nSPS) is 19.5. The molecule has 2 rings (SSSR count). The first-order valence-electron chi connectivity index (χ1n) is 7.11. The molecule has 1 aromatic rings. The Bertz CT molecular complexity index is 564. The summed E-state index contributed by atoms with van der Waals surface area (Å²) in [5.74, 6) is 1.44. The van der Waals surface area contributed by atoms with Gasteiger partial charge in [0.25, 0.3) is 0 Å². The maximum Gasteiger partial charge on any atom is 0.149 e. The summed E-state index contributed by atoms with van der Waals surface area (Å²) in [4.78, 5) is 10.5. The van der Waals surface area contributed by atoms with E-state index in [-0.39, 0.29) is 18.4 Å². The molecule has 1 fully saturated rings. The van der Waals surface area contributed by atoms with Gasteiger partial charge in [0, 0.05) is 25.4 Å². The fourth-order valence-corrected chi connectivity index (χ4v) is 2.93. The van der Waals surface area contributed by atoms with E-state index in [2.05, 4.69) is 20.2 Å². The van der Waals surface area contributed by atoms with Gasteiger partial charge in [0.15, 0.2) is 0 Å². The third kappa shape index (κ3) is 4.82. The molecular formula is C13H22N4O3S. The van der Waals surface area contributed by atoms with E-state index in [1.54, 1.807) is 6.07 Å². The van der Waals surface area contributed by atoms with E-state index >= 15 is 0 Å². The van der Waals surface area contributed by atoms with Crippen molar-refractivity contribution in [1.82, 2.24) is 9.97 Å². The van der Waals surface area contributed by atoms with Crippen LogP contribution in [0.15, 0.2) is 12.4 Å². The Balaban J connectivity index is 2.03. The molecule has 1 saturated heterocycles. The zero-order valence-electron chi connectivity index (χ0n) is 12.2. The van der Waals surface area contributed by atoms with Crippen molar-refractivity contribution >= 4 is 21.5 Å². The average molecular weight is 314 g/mol. The van der Waals surface area contributed by atoms with Gasteiger partial charge in [-0.1, -0.05) is 0 Å². The molecule has 0 radical (unpaired) electrons. The Hall–Kier alpha value is -1.41. The maximum absolute atomic E-state index is 11.1. The summed E-state index contributed by atoms with van der Waals surface area (Å²) in [6.45, 7) is 1.30. The summed E-state index contributed by atoms with van der Waals surface area (Å²) >= 11 is 0. The van der Waals surface area contributed by atoms with Crippen LogP contribution in [-0.4, -0.2) is 61.2 Å². The van der Waals surface area contributed by atoms with Gasteiger partial charge in [-0.05, 0) is 19.3 Å². The second-order valence-corrected chi connectivity index (χ2v) is 7.60. The highest BCUT2D eigenvalue weighted by Gasteiger charge is 2.23. The topological polar surface area (TPSA) is 95.4 Å². The first-order chi connectivity index (χ1) is 9.99. The summed E-state index contributed by atoms with van der Waals surface area (Å²) in [6.07, 6.45) is 5.82. The molecule has 0 aromatic carbocycles. The van der Waals surface area contributed by atoms with E-state index in [9.17, 15) is 13.5 Å². The van der Waals surface area contributed by atoms with Gasteiger partial charge in [-0.15, -0.1) is 0 Å². The molecule has 0 bridgehead atoms. The minimum Gasteiger partial charge on any atom is -0.394 e. The van der Waals surface area contributed by atoms with E-state index in [1.165, 1.54) is 12.6 Å². The number of aromatic nitrogens is 2. The number of sulfone groups is 1. The van der Waals surface area contributed by atoms with Crippen molar-refractivity contribution in [2.45, 2.75) is 25.3 Å². The lowest BCUT2D eigenvalue weighted by Gasteiger charge is -2.35. The van der Waals surface area contributed by atoms with Crippen molar-refractivity contribution in [2.24, 2.45) is 0 Å². The smallest absolute Gasteiger partial charge is 0.149 e. The molecule has 0 aliphatic carbocycles. The van der Waals surface area contributed by atoms with Crippen LogP contribution < -0.4 is 10.2 Å². The van der Waals surface area contributed by atoms with E-state index in [4.69, 9.17) is 0 Å². The van der Waals surface area contributed by atoms with Crippen LogP contribution in [-0.2, 0) is 9.84 Å². The highest BCUT2D eigenvalue weighted by molar-refractivity contribution is 7.90. The summed E-state index contributed by atoms with van der Waals surface area (Å²) in [5, 5.41) is 12.4. The lowest BCUT2D eigenvalue weighted by molar-refractivity contribution is 0.239. The van der Waals surface area contributed by atoms with Gasteiger partial charge >= 0.3 is 0 Å². The van der Waals surface area contributed by atoms with Crippen LogP contribution in [0.3, 0.4) is 0 Å². The molecule has 1 atom stereocenters. The first-order valence-corrected chi connectivity index (χ1v) is 9.17. The van der Waals surface area contributed by atoms with Crippen LogP contribution in [0.5, 0.6) is 0 Å². The van der Waals surface area contributed by atoms with Crippen LogP contribution >= 0.6 is 0 Å². The number of hydrogen-bond donors (Lipinski definition) is 2. The largest absolute Gasteiger partial charge is 0.394 e. The highest BCUT2D eigenvalue weighted by Crippen LogP contribution is 2.23. The van der Waals surface area contributed by atoms with E-state index < -0.39 is 9.84 Å². The van der Waals surface area contributed by atoms with Crippen LogP contribution in [0.25, 0.3) is 0 Å². The number of hydrogen-bond acceptors (Lipinski definition) is 7. The molecular weight excluding hydrogens is 292 g/mol. The Morgan fingerprint density at radius 3 is 2.95 bits per heavy atom. The predicted molar refractivity (Wildman–Crippen MR) is 82.3 cm³/mol. The van der Waals surface area contributed by atoms with E-state index in [1.807, 2.05) is 0 Å². The van der Waals surface area contributed by atoms with E-state index in [0.717, 1.165) is 31.6 Å². The molecule has 1 aromatic heterocycles. The fraction of sp³-hybridized carbons (Fsp3) is 0.692. The molecule has 1 aliphatic heterocycles. The zero-order valence-corrected chi connectivity index (χ0v) is 13.0. The number of anilines is 2. The van der Waals surface area contributed by atoms with Gasteiger partial charge in [-0.25, -0.2) is 18.4 Å². The van der Waals surface area contributed by atoms with Crippen LogP contribution in [0, 0.1) is 0 Å². The van der Waals surface area contributed by atoms with Crippen molar-refractivity contribution in [3.8, 4) is 0 Å². The molecule has 2 N–H and O–H groups in total. The first kappa shape index (κ1) is 16.0. The van der Waals surface area contributed by atoms with Gasteiger partial charge in [-0.2, -0.15) is 0 Å². The summed E-state index contributed by atoms with van der Waals surface area (Å²) in [6, 6.07) is 1.90. The third-order valence-corrected chi connectivity index (χ3v) is 4.51. The van der Waals surface area contributed by atoms with Gasteiger partial charge in [-0.3, -0.25) is 0 Å². The van der Waals surface area contributed by atoms with E-state index in [0.29, 0.717) is 12.4 Å². The van der Waals surface area contributed by atoms with Crippen molar-refractivity contribution in [1.29, 1.82) is 0 Å². The Morgan fingerprint density at radius 1 is 1.43 bits per heavy atom. The maximum atomic E-state index is 11.1. The predicted octanol–water partition coefficient (Wildman–Crippen LogP) is 0.284. The summed E-state index contributed by atoms with van der Waals surface area (Å²) in [5.41, 5.74) is 0. The Labute approximate surface area is 125 Å². The number of piperidine rings is 1. The highest BCUT2D eigenvalue weighted by atomic mass is 32.2. The van der Waals surface area contributed by atoms with Crippen LogP contribution in [0.1, 0.15) is 19.3 Å². The lowest BCUT2D eigenvalue weighted by Crippen LogP contribution is -2.42. The second kappa shape index (κ2) is 7.04. The van der Waals surface area contributed by atoms with Crippen molar-refractivity contribution in [2.75, 3.05) is 41.9 Å². The monoisotopic (exact) mass is 314 g/mol. The molecule has 7 nitrogen and oxygen atoms in total. The summed E-state index contributed by atoms with van der Waals surface area (Å²) < 4.78 is 22.2. The number of rotatable bonds is 6. The van der Waals surface area contributed by atoms with Gasteiger partial charge in [0.05, 0.1) is 18.4 Å². The molecule has 8 heteroatoms. The third-order valence-electron chi connectivity index (χ3n) is 3.56. The lowest BCUT2D eigenvalue weighted by atomic mass is 10.0. The SMILES string of the molecule is CS(=O)(=O)CCNc1cc(N2CCCCC2CO)ncn1. The molecule has 21 heavy (non-hydrogen) atoms. The molecule has 1 aliphatic rings. The quantitative estimate of drug-likeness (QED) is 0.779. The van der Waals surface area contributed by atoms with Gasteiger partial charge in [0.2, 0.25) is 0 Å². The molecule has 1 unspecified atom stereocenters. The number of nitrogens with one attached hydrogen (secondary N) is 1. The molecule has 0 amide bonds. The fourth-order valence-electron chi connectivity index (χ4n) is 2.46. The van der Waals surface area contributed by atoms with Gasteiger partial charge in [0.1, 0.15) is 27.8 Å². The second-order valence-electron chi connectivity index (χ2n) is 5.34. The minimum absolute atomic E-state index is 0.0648. The molecule has 0 spiro atoms. The zero-order chi connectivity index (χ0) is 15.3. The number of aliphatic hydroxyl groups is 1. The number of nitrogens with zero attached hydrogens (tertiary/aromatic N) is 3. The number of aliphatic hydroxyl groups excluding tert-OH is 1. The standard InChI is InChI=1S/C13H22N4O3S/c1-21(19,20)7-5-14-12-8-13(16-10-15-12)17-6-3-2-4-11(17)9-18/h8,10-11,18H,2-7,9H2,1H3,(H,14,15,16). The molecule has 118 valence electrons. The molecule has 0 saturated carbocycles. The van der Waals surface area contributed by atoms with Crippen molar-refractivity contribution < 1.29 is 13.5 Å². The molecule has 2 heterocycles. The minimum atomic E-state index is -2.99. The Morgan fingerprint density at radius 2 is 2.24 bits per heavy atom. The van der Waals surface area contributed by atoms with Crippen LogP contribution in [0.4, 0.5) is 11.6 Å². The average Bonchev–Trinajstić information content (AvgIpc) is 2.46. The summed E-state index contributed by atoms with van der Waals surface area (Å²) in [7, 11) is -2.99. The van der Waals surface area contributed by atoms with Crippen LogP contribution in [0.2, 0.25) is 0 Å².